The van der Waals surface area contributed by atoms with E-state index in [1.165, 1.54) is 0 Å². The number of hydrogen-bond donors (Lipinski definition) is 2. The molecule has 0 bridgehead atoms. The fourth-order valence-electron chi connectivity index (χ4n) is 1.58. The van der Waals surface area contributed by atoms with Crippen molar-refractivity contribution in [3.8, 4) is 0 Å². The van der Waals surface area contributed by atoms with Gasteiger partial charge in [-0.2, -0.15) is 13.2 Å². The topological polar surface area (TPSA) is 119 Å². The zero-order valence-electron chi connectivity index (χ0n) is 11.8. The van der Waals surface area contributed by atoms with Crippen LogP contribution in [0.15, 0.2) is 24.3 Å². The van der Waals surface area contributed by atoms with Crippen LogP contribution in [0.1, 0.15) is 0 Å². The number of nitro groups is 1. The highest BCUT2D eigenvalue weighted by Gasteiger charge is 2.67. The quantitative estimate of drug-likeness (QED) is 0.352. The van der Waals surface area contributed by atoms with Gasteiger partial charge in [-0.05, 0) is 12.1 Å². The standard InChI is InChI=1S/C12H10ClF3N2O6/c1-24-10(20)11(21,12(14,15)16)8(13)9(19)17-6-2-4-7(5-3-6)18(22)23/h2-5,8,21H,1H3,(H,17,19). The second-order valence-electron chi connectivity index (χ2n) is 4.41. The van der Waals surface area contributed by atoms with Crippen molar-refractivity contribution in [1.29, 1.82) is 0 Å². The third-order valence-corrected chi connectivity index (χ3v) is 3.39. The lowest BCUT2D eigenvalue weighted by Gasteiger charge is -2.30. The van der Waals surface area contributed by atoms with E-state index in [2.05, 4.69) is 4.74 Å². The number of non-ortho nitro benzene ring substituents is 1. The van der Waals surface area contributed by atoms with Gasteiger partial charge in [0, 0.05) is 17.8 Å². The number of halogens is 4. The first-order valence-electron chi connectivity index (χ1n) is 6.02. The van der Waals surface area contributed by atoms with Gasteiger partial charge < -0.3 is 15.2 Å². The number of rotatable bonds is 5. The number of nitrogens with zero attached hydrogens (tertiary/aromatic N) is 1. The van der Waals surface area contributed by atoms with Crippen molar-refractivity contribution in [3.05, 3.63) is 34.4 Å². The molecule has 8 nitrogen and oxygen atoms in total. The first-order valence-corrected chi connectivity index (χ1v) is 6.45. The van der Waals surface area contributed by atoms with Crippen LogP contribution < -0.4 is 5.32 Å². The summed E-state index contributed by atoms with van der Waals surface area (Å²) in [6.07, 6.45) is -5.58. The molecule has 0 aliphatic heterocycles. The molecule has 0 aliphatic rings. The van der Waals surface area contributed by atoms with Crippen molar-refractivity contribution in [2.75, 3.05) is 12.4 Å². The van der Waals surface area contributed by atoms with E-state index >= 15 is 0 Å². The predicted octanol–water partition coefficient (Wildman–Crippen LogP) is 1.61. The van der Waals surface area contributed by atoms with E-state index in [1.54, 1.807) is 0 Å². The average Bonchev–Trinajstić information content (AvgIpc) is 2.51. The van der Waals surface area contributed by atoms with E-state index in [1.807, 2.05) is 5.32 Å². The predicted molar refractivity (Wildman–Crippen MR) is 74.4 cm³/mol. The Bertz CT molecular complexity index is 651. The molecule has 1 amide bonds. The van der Waals surface area contributed by atoms with Crippen LogP contribution >= 0.6 is 11.6 Å². The highest BCUT2D eigenvalue weighted by Crippen LogP contribution is 2.37. The highest BCUT2D eigenvalue weighted by molar-refractivity contribution is 6.35. The molecule has 0 radical (unpaired) electrons. The molecule has 0 saturated carbocycles. The Morgan fingerprint density at radius 2 is 1.83 bits per heavy atom. The molecule has 1 rings (SSSR count). The minimum atomic E-state index is -5.58. The monoisotopic (exact) mass is 370 g/mol. The van der Waals surface area contributed by atoms with Gasteiger partial charge in [0.1, 0.15) is 0 Å². The van der Waals surface area contributed by atoms with E-state index in [-0.39, 0.29) is 11.4 Å². The van der Waals surface area contributed by atoms with Crippen molar-refractivity contribution >= 4 is 34.9 Å². The number of nitrogens with one attached hydrogen (secondary N) is 1. The summed E-state index contributed by atoms with van der Waals surface area (Å²) in [6, 6.07) is 4.03. The Morgan fingerprint density at radius 3 is 2.21 bits per heavy atom. The van der Waals surface area contributed by atoms with E-state index < -0.39 is 34.0 Å². The number of carbonyl (C=O) groups excluding carboxylic acids is 2. The number of aliphatic hydroxyl groups is 1. The largest absolute Gasteiger partial charge is 0.467 e. The van der Waals surface area contributed by atoms with E-state index in [4.69, 9.17) is 11.6 Å². The molecule has 24 heavy (non-hydrogen) atoms. The highest BCUT2D eigenvalue weighted by atomic mass is 35.5. The van der Waals surface area contributed by atoms with Crippen molar-refractivity contribution in [1.82, 2.24) is 0 Å². The Labute approximate surface area is 137 Å². The zero-order chi connectivity index (χ0) is 18.7. The molecule has 0 spiro atoms. The Morgan fingerprint density at radius 1 is 1.33 bits per heavy atom. The smallest absolute Gasteiger partial charge is 0.430 e. The second-order valence-corrected chi connectivity index (χ2v) is 4.85. The van der Waals surface area contributed by atoms with Gasteiger partial charge >= 0.3 is 12.1 Å². The van der Waals surface area contributed by atoms with Crippen LogP contribution in [0.5, 0.6) is 0 Å². The van der Waals surface area contributed by atoms with Gasteiger partial charge in [-0.15, -0.1) is 11.6 Å². The summed E-state index contributed by atoms with van der Waals surface area (Å²) in [5.41, 5.74) is -4.73. The molecule has 1 aromatic carbocycles. The molecule has 1 aromatic rings. The SMILES string of the molecule is COC(=O)C(O)(C(Cl)C(=O)Nc1ccc([N+](=O)[O-])cc1)C(F)(F)F. The van der Waals surface area contributed by atoms with Gasteiger partial charge in [0.25, 0.3) is 11.3 Å². The van der Waals surface area contributed by atoms with Gasteiger partial charge in [0.05, 0.1) is 12.0 Å². The van der Waals surface area contributed by atoms with Gasteiger partial charge in [-0.25, -0.2) is 4.79 Å². The summed E-state index contributed by atoms with van der Waals surface area (Å²) in [5.74, 6) is -3.72. The van der Waals surface area contributed by atoms with Gasteiger partial charge in [-0.1, -0.05) is 0 Å². The molecular formula is C12H10ClF3N2O6. The molecule has 0 heterocycles. The third kappa shape index (κ3) is 3.74. The number of ether oxygens (including phenoxy) is 1. The molecule has 2 unspecified atom stereocenters. The van der Waals surface area contributed by atoms with Crippen molar-refractivity contribution in [2.24, 2.45) is 0 Å². The Balaban J connectivity index is 3.03. The van der Waals surface area contributed by atoms with Gasteiger partial charge in [0.15, 0.2) is 5.38 Å². The fourth-order valence-corrected chi connectivity index (χ4v) is 1.85. The maximum absolute atomic E-state index is 12.9. The second kappa shape index (κ2) is 7.01. The number of benzene rings is 1. The molecule has 2 atom stereocenters. The number of carbonyl (C=O) groups is 2. The van der Waals surface area contributed by atoms with Gasteiger partial charge in [-0.3, -0.25) is 14.9 Å². The number of anilines is 1. The van der Waals surface area contributed by atoms with E-state index in [0.717, 1.165) is 24.3 Å². The molecule has 0 aliphatic carbocycles. The van der Waals surface area contributed by atoms with E-state index in [0.29, 0.717) is 7.11 Å². The normalized spacial score (nSPS) is 15.1. The molecule has 12 heteroatoms. The van der Waals surface area contributed by atoms with Crippen molar-refractivity contribution in [2.45, 2.75) is 17.2 Å². The van der Waals surface area contributed by atoms with Crippen molar-refractivity contribution < 1.29 is 37.5 Å². The number of esters is 1. The van der Waals surface area contributed by atoms with Crippen LogP contribution in [0.2, 0.25) is 0 Å². The average molecular weight is 371 g/mol. The molecule has 132 valence electrons. The minimum Gasteiger partial charge on any atom is -0.467 e. The minimum absolute atomic E-state index is 0.134. The maximum Gasteiger partial charge on any atom is 0.430 e. The first kappa shape index (κ1) is 19.6. The fraction of sp³-hybridized carbons (Fsp3) is 0.333. The van der Waals surface area contributed by atoms with Crippen LogP contribution in [0.4, 0.5) is 24.5 Å². The summed E-state index contributed by atoms with van der Waals surface area (Å²) in [5, 5.41) is 19.2. The van der Waals surface area contributed by atoms with E-state index in [9.17, 15) is 38.0 Å². The van der Waals surface area contributed by atoms with Crippen molar-refractivity contribution in [3.63, 3.8) is 0 Å². The molecular weight excluding hydrogens is 361 g/mol. The van der Waals surface area contributed by atoms with Crippen LogP contribution in [0.3, 0.4) is 0 Å². The van der Waals surface area contributed by atoms with Crippen LogP contribution in [0.25, 0.3) is 0 Å². The zero-order valence-corrected chi connectivity index (χ0v) is 12.6. The third-order valence-electron chi connectivity index (χ3n) is 2.87. The summed E-state index contributed by atoms with van der Waals surface area (Å²) >= 11 is 5.34. The lowest BCUT2D eigenvalue weighted by Crippen LogP contribution is -2.62. The van der Waals surface area contributed by atoms with Gasteiger partial charge in [0.2, 0.25) is 5.91 Å². The van der Waals surface area contributed by atoms with Crippen LogP contribution in [0, 0.1) is 10.1 Å². The molecule has 0 saturated heterocycles. The van der Waals surface area contributed by atoms with Crippen LogP contribution in [-0.2, 0) is 14.3 Å². The number of nitro benzene ring substituents is 1. The number of methoxy groups -OCH3 is 1. The molecule has 2 N–H and O–H groups in total. The molecule has 0 fully saturated rings. The number of amides is 1. The Hall–Kier alpha value is -2.40. The number of hydrogen-bond acceptors (Lipinski definition) is 6. The number of alkyl halides is 4. The maximum atomic E-state index is 12.9. The first-order chi connectivity index (χ1) is 10.9. The summed E-state index contributed by atoms with van der Waals surface area (Å²) in [6.45, 7) is 0. The molecule has 0 aromatic heterocycles. The van der Waals surface area contributed by atoms with Crippen LogP contribution in [-0.4, -0.2) is 46.2 Å². The Kier molecular flexibility index (Phi) is 5.74. The lowest BCUT2D eigenvalue weighted by atomic mass is 9.98. The summed E-state index contributed by atoms with van der Waals surface area (Å²) < 4.78 is 42.7. The summed E-state index contributed by atoms with van der Waals surface area (Å²) in [4.78, 5) is 32.8. The summed E-state index contributed by atoms with van der Waals surface area (Å²) in [7, 11) is 0.580. The lowest BCUT2D eigenvalue weighted by molar-refractivity contribution is -0.384.